The van der Waals surface area contributed by atoms with E-state index in [0.717, 1.165) is 0 Å². The van der Waals surface area contributed by atoms with E-state index in [9.17, 15) is 4.79 Å². The predicted molar refractivity (Wildman–Crippen MR) is 42.5 cm³/mol. The van der Waals surface area contributed by atoms with Gasteiger partial charge in [0, 0.05) is 18.8 Å². The third kappa shape index (κ3) is 2.30. The Balaban J connectivity index is 2.58. The maximum absolute atomic E-state index is 10.4. The average Bonchev–Trinajstić information content (AvgIpc) is 2.06. The highest BCUT2D eigenvalue weighted by Crippen LogP contribution is 2.02. The van der Waals surface area contributed by atoms with Gasteiger partial charge < -0.3 is 5.11 Å². The van der Waals surface area contributed by atoms with Gasteiger partial charge >= 0.3 is 5.97 Å². The van der Waals surface area contributed by atoms with Crippen molar-refractivity contribution in [1.29, 1.82) is 0 Å². The zero-order valence-corrected chi connectivity index (χ0v) is 6.77. The number of hydrogen-bond donors (Lipinski definition) is 1. The molecule has 0 aromatic carbocycles. The van der Waals surface area contributed by atoms with Crippen molar-refractivity contribution >= 4 is 5.97 Å². The minimum atomic E-state index is -0.817. The minimum absolute atomic E-state index is 0.385. The normalized spacial score (nSPS) is 12.4. The summed E-state index contributed by atoms with van der Waals surface area (Å²) < 4.78 is 0. The fraction of sp³-hybridized carbons (Fsp3) is 0.375. The van der Waals surface area contributed by atoms with Gasteiger partial charge in [0.2, 0.25) is 0 Å². The van der Waals surface area contributed by atoms with Crippen LogP contribution in [0.2, 0.25) is 0 Å². The third-order valence-corrected chi connectivity index (χ3v) is 1.53. The van der Waals surface area contributed by atoms with E-state index in [4.69, 9.17) is 5.11 Å². The molecule has 0 bridgehead atoms. The molecule has 0 radical (unpaired) electrons. The summed E-state index contributed by atoms with van der Waals surface area (Å²) in [5.74, 6) is -0.665. The minimum Gasteiger partial charge on any atom is -0.481 e. The molecule has 0 aliphatic carbocycles. The number of carbonyl (C=O) groups is 1. The molecule has 1 N–H and O–H groups in total. The molecule has 0 aliphatic heterocycles. The number of aromatic nitrogens is 2. The summed E-state index contributed by atoms with van der Waals surface area (Å²) in [5.41, 5.74) is 0. The summed E-state index contributed by atoms with van der Waals surface area (Å²) in [4.78, 5) is 18.3. The van der Waals surface area contributed by atoms with Crippen LogP contribution in [0.15, 0.2) is 18.5 Å². The van der Waals surface area contributed by atoms with Crippen LogP contribution in [0.25, 0.3) is 0 Å². The Hall–Kier alpha value is -1.45. The van der Waals surface area contributed by atoms with E-state index in [1.807, 2.05) is 0 Å². The van der Waals surface area contributed by atoms with Gasteiger partial charge in [-0.2, -0.15) is 0 Å². The molecule has 0 aliphatic rings. The monoisotopic (exact) mass is 166 g/mol. The molecular weight excluding hydrogens is 156 g/mol. The van der Waals surface area contributed by atoms with Crippen molar-refractivity contribution in [3.63, 3.8) is 0 Å². The maximum Gasteiger partial charge on any atom is 0.306 e. The van der Waals surface area contributed by atoms with Crippen molar-refractivity contribution in [2.24, 2.45) is 5.92 Å². The van der Waals surface area contributed by atoms with Crippen LogP contribution in [-0.4, -0.2) is 21.0 Å². The van der Waals surface area contributed by atoms with Gasteiger partial charge in [-0.15, -0.1) is 0 Å². The number of carboxylic acid groups (broad SMARTS) is 1. The van der Waals surface area contributed by atoms with E-state index in [1.54, 1.807) is 25.4 Å². The summed E-state index contributed by atoms with van der Waals surface area (Å²) in [6.07, 6.45) is 3.60. The highest BCUT2D eigenvalue weighted by atomic mass is 16.4. The Kier molecular flexibility index (Phi) is 2.74. The summed E-state index contributed by atoms with van der Waals surface area (Å²) in [6, 6.07) is 1.70. The van der Waals surface area contributed by atoms with Crippen molar-refractivity contribution in [2.75, 3.05) is 0 Å². The molecular formula is C8H10N2O2. The highest BCUT2D eigenvalue weighted by molar-refractivity contribution is 5.69. The van der Waals surface area contributed by atoms with Crippen LogP contribution in [0.3, 0.4) is 0 Å². The van der Waals surface area contributed by atoms with Gasteiger partial charge in [-0.3, -0.25) is 4.79 Å². The number of nitrogens with zero attached hydrogens (tertiary/aromatic N) is 2. The van der Waals surface area contributed by atoms with Gasteiger partial charge in [0.15, 0.2) is 0 Å². The van der Waals surface area contributed by atoms with Gasteiger partial charge in [0.25, 0.3) is 0 Å². The smallest absolute Gasteiger partial charge is 0.306 e. The van der Waals surface area contributed by atoms with Gasteiger partial charge in [-0.1, -0.05) is 6.92 Å². The second kappa shape index (κ2) is 3.80. The van der Waals surface area contributed by atoms with E-state index >= 15 is 0 Å². The van der Waals surface area contributed by atoms with Crippen molar-refractivity contribution in [3.05, 3.63) is 24.3 Å². The molecule has 1 rings (SSSR count). The van der Waals surface area contributed by atoms with Gasteiger partial charge in [0.1, 0.15) is 5.82 Å². The number of aliphatic carboxylic acids is 1. The molecule has 1 heterocycles. The lowest BCUT2D eigenvalue weighted by Crippen LogP contribution is -2.13. The molecule has 1 unspecified atom stereocenters. The molecule has 64 valence electrons. The van der Waals surface area contributed by atoms with E-state index < -0.39 is 11.9 Å². The number of hydrogen-bond acceptors (Lipinski definition) is 3. The van der Waals surface area contributed by atoms with Crippen LogP contribution in [0.1, 0.15) is 12.7 Å². The average molecular weight is 166 g/mol. The summed E-state index contributed by atoms with van der Waals surface area (Å²) >= 11 is 0. The first-order valence-corrected chi connectivity index (χ1v) is 3.69. The lowest BCUT2D eigenvalue weighted by atomic mass is 10.1. The molecule has 0 saturated heterocycles. The molecule has 0 spiro atoms. The Labute approximate surface area is 70.3 Å². The van der Waals surface area contributed by atoms with Crippen LogP contribution in [-0.2, 0) is 11.2 Å². The number of rotatable bonds is 3. The zero-order valence-electron chi connectivity index (χ0n) is 6.77. The first-order valence-electron chi connectivity index (χ1n) is 3.69. The molecule has 4 nitrogen and oxygen atoms in total. The van der Waals surface area contributed by atoms with Crippen molar-refractivity contribution in [3.8, 4) is 0 Å². The van der Waals surface area contributed by atoms with Crippen LogP contribution in [0.5, 0.6) is 0 Å². The lowest BCUT2D eigenvalue weighted by molar-refractivity contribution is -0.141. The fourth-order valence-corrected chi connectivity index (χ4v) is 0.797. The molecule has 4 heteroatoms. The van der Waals surface area contributed by atoms with Crippen LogP contribution >= 0.6 is 0 Å². The lowest BCUT2D eigenvalue weighted by Gasteiger charge is -2.02. The molecule has 1 aromatic rings. The standard InChI is InChI=1S/C8H10N2O2/c1-6(8(11)12)5-7-9-3-2-4-10-7/h2-4,6H,5H2,1H3,(H,11,12). The molecule has 0 fully saturated rings. The SMILES string of the molecule is CC(Cc1ncccn1)C(=O)O. The van der Waals surface area contributed by atoms with Crippen LogP contribution < -0.4 is 0 Å². The van der Waals surface area contributed by atoms with E-state index in [0.29, 0.717) is 12.2 Å². The first kappa shape index (κ1) is 8.64. The quantitative estimate of drug-likeness (QED) is 0.719. The Morgan fingerprint density at radius 3 is 2.67 bits per heavy atom. The zero-order chi connectivity index (χ0) is 8.97. The van der Waals surface area contributed by atoms with Gasteiger partial charge in [0.05, 0.1) is 5.92 Å². The van der Waals surface area contributed by atoms with Gasteiger partial charge in [-0.25, -0.2) is 9.97 Å². The van der Waals surface area contributed by atoms with Gasteiger partial charge in [-0.05, 0) is 6.07 Å². The number of carboxylic acids is 1. The molecule has 12 heavy (non-hydrogen) atoms. The highest BCUT2D eigenvalue weighted by Gasteiger charge is 2.12. The van der Waals surface area contributed by atoms with Crippen molar-refractivity contribution < 1.29 is 9.90 Å². The van der Waals surface area contributed by atoms with E-state index in [-0.39, 0.29) is 0 Å². The Bertz CT molecular complexity index is 261. The second-order valence-electron chi connectivity index (χ2n) is 2.61. The fourth-order valence-electron chi connectivity index (χ4n) is 0.797. The molecule has 0 amide bonds. The summed E-state index contributed by atoms with van der Waals surface area (Å²) in [7, 11) is 0. The van der Waals surface area contributed by atoms with E-state index in [1.165, 1.54) is 0 Å². The molecule has 1 atom stereocenters. The summed E-state index contributed by atoms with van der Waals surface area (Å²) in [6.45, 7) is 1.64. The topological polar surface area (TPSA) is 63.1 Å². The first-order chi connectivity index (χ1) is 5.70. The van der Waals surface area contributed by atoms with E-state index in [2.05, 4.69) is 9.97 Å². The van der Waals surface area contributed by atoms with Crippen LogP contribution in [0, 0.1) is 5.92 Å². The van der Waals surface area contributed by atoms with Crippen molar-refractivity contribution in [1.82, 2.24) is 9.97 Å². The maximum atomic E-state index is 10.4. The summed E-state index contributed by atoms with van der Waals surface area (Å²) in [5, 5.41) is 8.59. The largest absolute Gasteiger partial charge is 0.481 e. The molecule has 0 saturated carbocycles. The second-order valence-corrected chi connectivity index (χ2v) is 2.61. The third-order valence-electron chi connectivity index (χ3n) is 1.53. The molecule has 1 aromatic heterocycles. The van der Waals surface area contributed by atoms with Crippen LogP contribution in [0.4, 0.5) is 0 Å². The Morgan fingerprint density at radius 1 is 1.58 bits per heavy atom. The predicted octanol–water partition coefficient (Wildman–Crippen LogP) is 0.740. The Morgan fingerprint density at radius 2 is 2.17 bits per heavy atom. The van der Waals surface area contributed by atoms with Crippen molar-refractivity contribution in [2.45, 2.75) is 13.3 Å².